The third-order valence-electron chi connectivity index (χ3n) is 4.76. The molecule has 0 bridgehead atoms. The van der Waals surface area contributed by atoms with Crippen LogP contribution in [0, 0.1) is 6.92 Å². The van der Waals surface area contributed by atoms with E-state index < -0.39 is 0 Å². The number of rotatable bonds is 3. The number of methoxy groups -OCH3 is 1. The molecule has 2 aromatic heterocycles. The van der Waals surface area contributed by atoms with Crippen LogP contribution in [0.1, 0.15) is 16.2 Å². The van der Waals surface area contributed by atoms with Crippen molar-refractivity contribution in [3.63, 3.8) is 0 Å². The Morgan fingerprint density at radius 1 is 1.07 bits per heavy atom. The van der Waals surface area contributed by atoms with Crippen LogP contribution in [-0.4, -0.2) is 59.0 Å². The third kappa shape index (κ3) is 3.57. The molecule has 8 heteroatoms. The maximum atomic E-state index is 12.9. The van der Waals surface area contributed by atoms with Gasteiger partial charge in [-0.3, -0.25) is 4.79 Å². The van der Waals surface area contributed by atoms with E-state index in [9.17, 15) is 4.79 Å². The number of carbonyl (C=O) groups is 1. The normalized spacial score (nSPS) is 14.4. The molecular weight excluding hydrogens is 378 g/mol. The fourth-order valence-electron chi connectivity index (χ4n) is 3.28. The molecule has 1 saturated heterocycles. The van der Waals surface area contributed by atoms with Crippen molar-refractivity contribution < 1.29 is 9.53 Å². The highest BCUT2D eigenvalue weighted by Crippen LogP contribution is 2.24. The lowest BCUT2D eigenvalue weighted by Crippen LogP contribution is -2.49. The van der Waals surface area contributed by atoms with Gasteiger partial charge in [0.05, 0.1) is 17.6 Å². The van der Waals surface area contributed by atoms with Crippen molar-refractivity contribution in [2.45, 2.75) is 6.92 Å². The van der Waals surface area contributed by atoms with Gasteiger partial charge in [0.15, 0.2) is 0 Å². The van der Waals surface area contributed by atoms with Gasteiger partial charge in [-0.1, -0.05) is 29.8 Å². The summed E-state index contributed by atoms with van der Waals surface area (Å²) >= 11 is 6.34. The minimum Gasteiger partial charge on any atom is -0.481 e. The SMILES string of the molecule is COc1cc(C)nc(N2CCN(C(=O)c3cc(Cl)c4ccccc4n3)CC2)n1. The van der Waals surface area contributed by atoms with Gasteiger partial charge in [-0.25, -0.2) is 9.97 Å². The third-order valence-corrected chi connectivity index (χ3v) is 5.08. The summed E-state index contributed by atoms with van der Waals surface area (Å²) in [6, 6.07) is 11.0. The van der Waals surface area contributed by atoms with Gasteiger partial charge >= 0.3 is 0 Å². The molecule has 7 nitrogen and oxygen atoms in total. The molecule has 1 aromatic carbocycles. The second kappa shape index (κ2) is 7.59. The summed E-state index contributed by atoms with van der Waals surface area (Å²) in [5, 5.41) is 1.38. The molecule has 1 fully saturated rings. The van der Waals surface area contributed by atoms with Crippen molar-refractivity contribution in [2.75, 3.05) is 38.2 Å². The highest BCUT2D eigenvalue weighted by atomic mass is 35.5. The van der Waals surface area contributed by atoms with E-state index >= 15 is 0 Å². The molecule has 4 rings (SSSR count). The summed E-state index contributed by atoms with van der Waals surface area (Å²) in [6.07, 6.45) is 0. The predicted octanol–water partition coefficient (Wildman–Crippen LogP) is 2.96. The number of pyridine rings is 1. The Hall–Kier alpha value is -2.93. The van der Waals surface area contributed by atoms with Crippen LogP contribution >= 0.6 is 11.6 Å². The fourth-order valence-corrected chi connectivity index (χ4v) is 3.55. The second-order valence-corrected chi connectivity index (χ2v) is 7.04. The van der Waals surface area contributed by atoms with Gasteiger partial charge in [0.25, 0.3) is 5.91 Å². The molecule has 1 aliphatic rings. The van der Waals surface area contributed by atoms with Crippen molar-refractivity contribution in [3.05, 3.63) is 52.8 Å². The van der Waals surface area contributed by atoms with Crippen LogP contribution in [0.4, 0.5) is 5.95 Å². The van der Waals surface area contributed by atoms with Crippen LogP contribution in [-0.2, 0) is 0 Å². The fraction of sp³-hybridized carbons (Fsp3) is 0.300. The van der Waals surface area contributed by atoms with Gasteiger partial charge in [-0.05, 0) is 19.1 Å². The minimum atomic E-state index is -0.116. The number of benzene rings is 1. The van der Waals surface area contributed by atoms with E-state index in [1.54, 1.807) is 24.1 Å². The van der Waals surface area contributed by atoms with Crippen LogP contribution < -0.4 is 9.64 Å². The standard InChI is InChI=1S/C20H20ClN5O2/c1-13-11-18(28-2)24-20(22-13)26-9-7-25(8-10-26)19(27)17-12-15(21)14-5-3-4-6-16(14)23-17/h3-6,11-12H,7-10H2,1-2H3. The zero-order valence-electron chi connectivity index (χ0n) is 15.7. The first-order valence-electron chi connectivity index (χ1n) is 9.04. The van der Waals surface area contributed by atoms with E-state index in [1.807, 2.05) is 31.2 Å². The number of halogens is 1. The lowest BCUT2D eigenvalue weighted by molar-refractivity contribution is 0.0740. The quantitative estimate of drug-likeness (QED) is 0.676. The number of nitrogens with zero attached hydrogens (tertiary/aromatic N) is 5. The molecular formula is C20H20ClN5O2. The maximum Gasteiger partial charge on any atom is 0.272 e. The molecule has 28 heavy (non-hydrogen) atoms. The van der Waals surface area contributed by atoms with Crippen molar-refractivity contribution in [3.8, 4) is 5.88 Å². The molecule has 3 aromatic rings. The number of piperazine rings is 1. The molecule has 1 aliphatic heterocycles. The Bertz CT molecular complexity index is 1030. The second-order valence-electron chi connectivity index (χ2n) is 6.64. The van der Waals surface area contributed by atoms with Gasteiger partial charge in [-0.2, -0.15) is 4.98 Å². The first-order chi connectivity index (χ1) is 13.5. The largest absolute Gasteiger partial charge is 0.481 e. The first-order valence-corrected chi connectivity index (χ1v) is 9.42. The van der Waals surface area contributed by atoms with E-state index in [0.717, 1.165) is 16.6 Å². The Balaban J connectivity index is 1.49. The minimum absolute atomic E-state index is 0.116. The number of hydrogen-bond donors (Lipinski definition) is 0. The van der Waals surface area contributed by atoms with Crippen molar-refractivity contribution in [2.24, 2.45) is 0 Å². The molecule has 0 unspecified atom stereocenters. The number of carbonyl (C=O) groups excluding carboxylic acids is 1. The molecule has 0 spiro atoms. The summed E-state index contributed by atoms with van der Waals surface area (Å²) in [5.74, 6) is 1.04. The average Bonchev–Trinajstić information content (AvgIpc) is 2.73. The summed E-state index contributed by atoms with van der Waals surface area (Å²) in [5.41, 5.74) is 1.93. The zero-order chi connectivity index (χ0) is 19.7. The van der Waals surface area contributed by atoms with Gasteiger partial charge in [0.2, 0.25) is 11.8 Å². The number of aryl methyl sites for hydroxylation is 1. The highest BCUT2D eigenvalue weighted by molar-refractivity contribution is 6.35. The van der Waals surface area contributed by atoms with E-state index in [1.165, 1.54) is 0 Å². The molecule has 0 radical (unpaired) electrons. The van der Waals surface area contributed by atoms with Crippen LogP contribution in [0.2, 0.25) is 5.02 Å². The molecule has 0 saturated carbocycles. The predicted molar refractivity (Wildman–Crippen MR) is 108 cm³/mol. The van der Waals surface area contributed by atoms with Gasteiger partial charge in [-0.15, -0.1) is 0 Å². The van der Waals surface area contributed by atoms with Crippen molar-refractivity contribution >= 4 is 34.4 Å². The number of aromatic nitrogens is 3. The molecule has 144 valence electrons. The molecule has 1 amide bonds. The van der Waals surface area contributed by atoms with Crippen molar-refractivity contribution in [1.29, 1.82) is 0 Å². The Labute approximate surface area is 167 Å². The average molecular weight is 398 g/mol. The lowest BCUT2D eigenvalue weighted by Gasteiger charge is -2.34. The Kier molecular flexibility index (Phi) is 5.00. The number of hydrogen-bond acceptors (Lipinski definition) is 6. The summed E-state index contributed by atoms with van der Waals surface area (Å²) in [4.78, 5) is 30.2. The van der Waals surface area contributed by atoms with E-state index in [-0.39, 0.29) is 5.91 Å². The Morgan fingerprint density at radius 3 is 2.57 bits per heavy atom. The number of ether oxygens (including phenoxy) is 1. The smallest absolute Gasteiger partial charge is 0.272 e. The number of anilines is 1. The Morgan fingerprint density at radius 2 is 1.82 bits per heavy atom. The summed E-state index contributed by atoms with van der Waals surface area (Å²) in [7, 11) is 1.59. The van der Waals surface area contributed by atoms with Gasteiger partial charge in [0.1, 0.15) is 5.69 Å². The number of fused-ring (bicyclic) bond motifs is 1. The van der Waals surface area contributed by atoms with Crippen LogP contribution in [0.15, 0.2) is 36.4 Å². The topological polar surface area (TPSA) is 71.5 Å². The van der Waals surface area contributed by atoms with Crippen molar-refractivity contribution in [1.82, 2.24) is 19.9 Å². The molecule has 3 heterocycles. The van der Waals surface area contributed by atoms with Crippen LogP contribution in [0.5, 0.6) is 5.88 Å². The monoisotopic (exact) mass is 397 g/mol. The van der Waals surface area contributed by atoms with E-state index in [0.29, 0.717) is 48.7 Å². The molecule has 0 atom stereocenters. The molecule has 0 N–H and O–H groups in total. The summed E-state index contributed by atoms with van der Waals surface area (Å²) < 4.78 is 5.23. The number of para-hydroxylation sites is 1. The maximum absolute atomic E-state index is 12.9. The van der Waals surface area contributed by atoms with Crippen LogP contribution in [0.3, 0.4) is 0 Å². The number of amides is 1. The first kappa shape index (κ1) is 18.4. The highest BCUT2D eigenvalue weighted by Gasteiger charge is 2.25. The van der Waals surface area contributed by atoms with Gasteiger partial charge in [0, 0.05) is 43.3 Å². The van der Waals surface area contributed by atoms with E-state index in [4.69, 9.17) is 16.3 Å². The molecule has 0 aliphatic carbocycles. The van der Waals surface area contributed by atoms with Gasteiger partial charge < -0.3 is 14.5 Å². The van der Waals surface area contributed by atoms with E-state index in [2.05, 4.69) is 19.9 Å². The zero-order valence-corrected chi connectivity index (χ0v) is 16.5. The lowest BCUT2D eigenvalue weighted by atomic mass is 10.2. The summed E-state index contributed by atoms with van der Waals surface area (Å²) in [6.45, 7) is 4.30. The van der Waals surface area contributed by atoms with Crippen LogP contribution in [0.25, 0.3) is 10.9 Å².